The molecule has 1 rings (SSSR count). The zero-order valence-electron chi connectivity index (χ0n) is 7.61. The zero-order valence-corrected chi connectivity index (χ0v) is 9.61. The van der Waals surface area contributed by atoms with Crippen LogP contribution in [0.3, 0.4) is 0 Å². The van der Waals surface area contributed by atoms with Crippen LogP contribution >= 0.6 is 0 Å². The third-order valence-corrected chi connectivity index (χ3v) is 2.01. The molecule has 1 aliphatic rings. The molecule has 0 aromatic heterocycles. The van der Waals surface area contributed by atoms with E-state index in [9.17, 15) is 0 Å². The molecule has 62 valence electrons. The van der Waals surface area contributed by atoms with E-state index < -0.39 is 0 Å². The van der Waals surface area contributed by atoms with Crippen LogP contribution in [0.25, 0.3) is 0 Å². The van der Waals surface area contributed by atoms with Gasteiger partial charge >= 0.3 is 0 Å². The summed E-state index contributed by atoms with van der Waals surface area (Å²) >= 11 is 0. The van der Waals surface area contributed by atoms with E-state index >= 15 is 0 Å². The molecule has 0 unspecified atom stereocenters. The van der Waals surface area contributed by atoms with E-state index in [4.69, 9.17) is 0 Å². The Balaban J connectivity index is 0.000000371. The quantitative estimate of drug-likeness (QED) is 0.562. The van der Waals surface area contributed by atoms with Crippen LogP contribution in [0.1, 0.15) is 32.1 Å². The first kappa shape index (κ1) is 10.2. The summed E-state index contributed by atoms with van der Waals surface area (Å²) in [5, 5.41) is 3.30. The maximum absolute atomic E-state index is 3.30. The Morgan fingerprint density at radius 1 is 1.10 bits per heavy atom. The van der Waals surface area contributed by atoms with Crippen LogP contribution in [0, 0.1) is 0 Å². The second kappa shape index (κ2) is 7.29. The largest absolute Gasteiger partial charge is 0.317 e. The van der Waals surface area contributed by atoms with E-state index in [1.165, 1.54) is 42.3 Å². The van der Waals surface area contributed by atoms with Crippen molar-refractivity contribution in [3.63, 3.8) is 0 Å². The van der Waals surface area contributed by atoms with Crippen molar-refractivity contribution >= 4 is 10.2 Å². The van der Waals surface area contributed by atoms with Crippen LogP contribution in [0.4, 0.5) is 0 Å². The van der Waals surface area contributed by atoms with Gasteiger partial charge in [-0.1, -0.05) is 25.8 Å². The fourth-order valence-electron chi connectivity index (χ4n) is 1.39. The van der Waals surface area contributed by atoms with Gasteiger partial charge in [-0.15, -0.1) is 0 Å². The molecule has 0 bridgehead atoms. The average molecular weight is 159 g/mol. The summed E-state index contributed by atoms with van der Waals surface area (Å²) in [6.45, 7) is 2.14. The number of nitrogens with one attached hydrogen (secondary N) is 1. The SMILES string of the molecule is CNC1CCCCC1.C[SiH3]. The Hall–Kier alpha value is 0.177. The second-order valence-corrected chi connectivity index (χ2v) is 2.62. The molecule has 1 saturated carbocycles. The van der Waals surface area contributed by atoms with E-state index in [0.717, 1.165) is 6.04 Å². The predicted molar refractivity (Wildman–Crippen MR) is 51.7 cm³/mol. The molecule has 0 radical (unpaired) electrons. The van der Waals surface area contributed by atoms with Gasteiger partial charge in [0.25, 0.3) is 0 Å². The van der Waals surface area contributed by atoms with Gasteiger partial charge < -0.3 is 5.32 Å². The van der Waals surface area contributed by atoms with Crippen LogP contribution in [-0.4, -0.2) is 23.3 Å². The Kier molecular flexibility index (Phi) is 7.41. The van der Waals surface area contributed by atoms with Crippen molar-refractivity contribution in [3.05, 3.63) is 0 Å². The van der Waals surface area contributed by atoms with Crippen LogP contribution in [0.5, 0.6) is 0 Å². The molecule has 1 nitrogen and oxygen atoms in total. The smallest absolute Gasteiger partial charge is 0.00640 e. The van der Waals surface area contributed by atoms with Crippen LogP contribution in [-0.2, 0) is 0 Å². The lowest BCUT2D eigenvalue weighted by Gasteiger charge is -2.20. The lowest BCUT2D eigenvalue weighted by atomic mass is 9.96. The summed E-state index contributed by atoms with van der Waals surface area (Å²) < 4.78 is 0. The lowest BCUT2D eigenvalue weighted by molar-refractivity contribution is 0.394. The summed E-state index contributed by atoms with van der Waals surface area (Å²) in [4.78, 5) is 0. The molecule has 0 atom stereocenters. The van der Waals surface area contributed by atoms with Crippen LogP contribution < -0.4 is 5.32 Å². The van der Waals surface area contributed by atoms with Crippen molar-refractivity contribution in [3.8, 4) is 0 Å². The van der Waals surface area contributed by atoms with Crippen molar-refractivity contribution in [1.82, 2.24) is 5.32 Å². The van der Waals surface area contributed by atoms with Gasteiger partial charge in [0, 0.05) is 6.04 Å². The van der Waals surface area contributed by atoms with E-state index in [2.05, 4.69) is 18.9 Å². The first-order valence-corrected chi connectivity index (χ1v) is 6.61. The summed E-state index contributed by atoms with van der Waals surface area (Å²) in [6, 6.07) is 0.837. The molecular weight excluding hydrogens is 138 g/mol. The summed E-state index contributed by atoms with van der Waals surface area (Å²) in [5.41, 5.74) is 0. The maximum Gasteiger partial charge on any atom is 0.00640 e. The van der Waals surface area contributed by atoms with Gasteiger partial charge in [0.2, 0.25) is 0 Å². The first-order chi connectivity index (χ1) is 4.93. The topological polar surface area (TPSA) is 12.0 Å². The predicted octanol–water partition coefficient (Wildman–Crippen LogP) is 0.938. The Bertz CT molecular complexity index is 60.3. The van der Waals surface area contributed by atoms with E-state index in [1.807, 2.05) is 0 Å². The number of hydrogen-bond donors (Lipinski definition) is 1. The Morgan fingerprint density at radius 3 is 1.90 bits per heavy atom. The van der Waals surface area contributed by atoms with Gasteiger partial charge in [0.05, 0.1) is 0 Å². The third kappa shape index (κ3) is 4.07. The molecule has 2 heteroatoms. The first-order valence-electron chi connectivity index (χ1n) is 4.61. The fourth-order valence-corrected chi connectivity index (χ4v) is 1.39. The Labute approximate surface area is 68.0 Å². The maximum atomic E-state index is 3.30. The molecule has 1 N–H and O–H groups in total. The molecule has 0 heterocycles. The molecule has 1 fully saturated rings. The highest BCUT2D eigenvalue weighted by Crippen LogP contribution is 2.16. The van der Waals surface area contributed by atoms with Gasteiger partial charge in [-0.2, -0.15) is 0 Å². The van der Waals surface area contributed by atoms with Gasteiger partial charge in [0.1, 0.15) is 0 Å². The lowest BCUT2D eigenvalue weighted by Crippen LogP contribution is -2.26. The van der Waals surface area contributed by atoms with E-state index in [-0.39, 0.29) is 0 Å². The number of hydrogen-bond acceptors (Lipinski definition) is 1. The molecule has 0 amide bonds. The molecule has 1 aliphatic carbocycles. The monoisotopic (exact) mass is 159 g/mol. The highest BCUT2D eigenvalue weighted by molar-refractivity contribution is 6.05. The summed E-state index contributed by atoms with van der Waals surface area (Å²) in [7, 11) is 3.37. The molecule has 0 aliphatic heterocycles. The third-order valence-electron chi connectivity index (χ3n) is 2.01. The van der Waals surface area contributed by atoms with Crippen molar-refractivity contribution in [2.45, 2.75) is 44.7 Å². The normalized spacial score (nSPS) is 19.8. The van der Waals surface area contributed by atoms with Gasteiger partial charge in [-0.25, -0.2) is 0 Å². The minimum Gasteiger partial charge on any atom is -0.317 e. The van der Waals surface area contributed by atoms with Crippen LogP contribution in [0.2, 0.25) is 6.55 Å². The van der Waals surface area contributed by atoms with E-state index in [1.54, 1.807) is 0 Å². The highest BCUT2D eigenvalue weighted by atomic mass is 28.1. The molecule has 0 aromatic rings. The minimum absolute atomic E-state index is 0.837. The van der Waals surface area contributed by atoms with Gasteiger partial charge in [-0.3, -0.25) is 0 Å². The summed E-state index contributed by atoms with van der Waals surface area (Å²) in [6.07, 6.45) is 7.13. The van der Waals surface area contributed by atoms with Crippen molar-refractivity contribution in [2.75, 3.05) is 7.05 Å². The fraction of sp³-hybridized carbons (Fsp3) is 1.00. The van der Waals surface area contributed by atoms with Crippen molar-refractivity contribution in [1.29, 1.82) is 0 Å². The van der Waals surface area contributed by atoms with Gasteiger partial charge in [0.15, 0.2) is 0 Å². The molecule has 0 saturated heterocycles. The molecule has 0 aromatic carbocycles. The minimum atomic E-state index is 0.837. The highest BCUT2D eigenvalue weighted by Gasteiger charge is 2.09. The zero-order chi connectivity index (χ0) is 7.82. The molecule has 0 spiro atoms. The number of rotatable bonds is 1. The average Bonchev–Trinajstić information content (AvgIpc) is 2.10. The molecular formula is C8H21NSi. The standard InChI is InChI=1S/C7H15N.CH6Si/c1-8-7-5-3-2-4-6-7;1-2/h7-8H,2-6H2,1H3;1-2H3. The second-order valence-electron chi connectivity index (χ2n) is 2.62. The van der Waals surface area contributed by atoms with Crippen molar-refractivity contribution < 1.29 is 0 Å². The molecule has 10 heavy (non-hydrogen) atoms. The van der Waals surface area contributed by atoms with Gasteiger partial charge in [-0.05, 0) is 30.1 Å². The summed E-state index contributed by atoms with van der Waals surface area (Å²) in [5.74, 6) is 0. The van der Waals surface area contributed by atoms with E-state index in [0.29, 0.717) is 0 Å². The Morgan fingerprint density at radius 2 is 1.60 bits per heavy atom. The van der Waals surface area contributed by atoms with Crippen LogP contribution in [0.15, 0.2) is 0 Å². The van der Waals surface area contributed by atoms with Crippen molar-refractivity contribution in [2.24, 2.45) is 0 Å².